The number of benzene rings is 2. The summed E-state index contributed by atoms with van der Waals surface area (Å²) in [5, 5.41) is 18.3. The van der Waals surface area contributed by atoms with Crippen LogP contribution in [0.2, 0.25) is 0 Å². The average molecular weight is 535 g/mol. The zero-order valence-electron chi connectivity index (χ0n) is 21.1. The van der Waals surface area contributed by atoms with Crippen LogP contribution in [0.15, 0.2) is 49.9 Å². The number of hydrogen-bond donors (Lipinski definition) is 1. The van der Waals surface area contributed by atoms with Gasteiger partial charge < -0.3 is 32.9 Å². The Labute approximate surface area is 220 Å². The fourth-order valence-corrected chi connectivity index (χ4v) is 4.64. The first-order valence-electron chi connectivity index (χ1n) is 12.2. The van der Waals surface area contributed by atoms with Crippen LogP contribution in [0.4, 0.5) is 10.1 Å². The van der Waals surface area contributed by atoms with Crippen molar-refractivity contribution in [2.24, 2.45) is 0 Å². The molecule has 12 heteroatoms. The number of fused-ring (bicyclic) bond motifs is 1. The van der Waals surface area contributed by atoms with Gasteiger partial charge in [-0.3, -0.25) is 0 Å². The third-order valence-electron chi connectivity index (χ3n) is 6.51. The Morgan fingerprint density at radius 2 is 1.87 bits per heavy atom. The lowest BCUT2D eigenvalue weighted by Gasteiger charge is -2.30. The normalized spacial score (nSPS) is 13.8. The third-order valence-corrected chi connectivity index (χ3v) is 6.51. The number of nitrogens with zero attached hydrogens (tertiary/aromatic N) is 4. The summed E-state index contributed by atoms with van der Waals surface area (Å²) in [6.45, 7) is 5.77. The van der Waals surface area contributed by atoms with Crippen molar-refractivity contribution in [3.63, 3.8) is 0 Å². The van der Waals surface area contributed by atoms with E-state index in [4.69, 9.17) is 22.9 Å². The number of furan rings is 1. The summed E-state index contributed by atoms with van der Waals surface area (Å²) < 4.78 is 41.8. The van der Waals surface area contributed by atoms with Gasteiger partial charge in [-0.15, -0.1) is 0 Å². The lowest BCUT2D eigenvalue weighted by Crippen LogP contribution is -2.36. The molecule has 4 heterocycles. The van der Waals surface area contributed by atoms with Crippen molar-refractivity contribution in [2.75, 3.05) is 31.2 Å². The first kappa shape index (κ1) is 24.6. The second kappa shape index (κ2) is 9.87. The number of carboxylic acid groups (broad SMARTS) is 1. The maximum atomic E-state index is 13.5. The van der Waals surface area contributed by atoms with Crippen LogP contribution in [0.1, 0.15) is 27.6 Å². The van der Waals surface area contributed by atoms with E-state index in [2.05, 4.69) is 20.2 Å². The predicted molar refractivity (Wildman–Crippen MR) is 135 cm³/mol. The first-order valence-corrected chi connectivity index (χ1v) is 12.2. The van der Waals surface area contributed by atoms with Gasteiger partial charge in [0.2, 0.25) is 5.82 Å². The summed E-state index contributed by atoms with van der Waals surface area (Å²) >= 11 is 0. The Kier molecular flexibility index (Phi) is 6.23. The molecule has 1 aliphatic heterocycles. The number of hydrogen-bond acceptors (Lipinski definition) is 10. The summed E-state index contributed by atoms with van der Waals surface area (Å²) in [5.74, 6) is 0.0430. The highest BCUT2D eigenvalue weighted by Crippen LogP contribution is 2.41. The van der Waals surface area contributed by atoms with Gasteiger partial charge in [0.05, 0.1) is 24.6 Å². The number of rotatable bonds is 7. The van der Waals surface area contributed by atoms with Crippen LogP contribution in [-0.4, -0.2) is 52.7 Å². The number of morpholine rings is 1. The third kappa shape index (κ3) is 4.59. The molecular weight excluding hydrogens is 511 g/mol. The van der Waals surface area contributed by atoms with Gasteiger partial charge in [0.25, 0.3) is 5.89 Å². The number of anilines is 1. The molecule has 0 unspecified atom stereocenters. The highest BCUT2D eigenvalue weighted by Gasteiger charge is 2.26. The van der Waals surface area contributed by atoms with Gasteiger partial charge in [-0.2, -0.15) is 4.98 Å². The molecule has 3 aromatic heterocycles. The fraction of sp³-hybridized carbons (Fsp3) is 0.259. The lowest BCUT2D eigenvalue weighted by atomic mass is 10.0. The van der Waals surface area contributed by atoms with Crippen LogP contribution in [0.5, 0.6) is 5.75 Å². The van der Waals surface area contributed by atoms with E-state index in [0.29, 0.717) is 71.3 Å². The Bertz CT molecular complexity index is 1650. The molecular formula is C27H23FN4O7. The molecule has 0 bridgehead atoms. The van der Waals surface area contributed by atoms with Crippen molar-refractivity contribution >= 4 is 22.6 Å². The zero-order valence-corrected chi connectivity index (χ0v) is 21.1. The van der Waals surface area contributed by atoms with Crippen LogP contribution in [0.25, 0.3) is 33.7 Å². The van der Waals surface area contributed by atoms with E-state index >= 15 is 0 Å². The fourth-order valence-electron chi connectivity index (χ4n) is 4.64. The van der Waals surface area contributed by atoms with Gasteiger partial charge in [0, 0.05) is 30.1 Å². The van der Waals surface area contributed by atoms with E-state index < -0.39 is 11.8 Å². The van der Waals surface area contributed by atoms with Gasteiger partial charge in [0.1, 0.15) is 39.8 Å². The Hall–Kier alpha value is -4.71. The molecule has 39 heavy (non-hydrogen) atoms. The van der Waals surface area contributed by atoms with E-state index in [1.807, 2.05) is 0 Å². The molecule has 0 saturated carbocycles. The number of aryl methyl sites for hydroxylation is 2. The highest BCUT2D eigenvalue weighted by atomic mass is 19.1. The molecule has 1 N–H and O–H groups in total. The maximum Gasteiger partial charge on any atom is 0.340 e. The van der Waals surface area contributed by atoms with E-state index in [9.17, 15) is 14.3 Å². The minimum Gasteiger partial charge on any atom is -0.483 e. The van der Waals surface area contributed by atoms with Crippen LogP contribution < -0.4 is 9.64 Å². The first-order chi connectivity index (χ1) is 18.9. The summed E-state index contributed by atoms with van der Waals surface area (Å²) in [5.41, 5.74) is 2.72. The quantitative estimate of drug-likeness (QED) is 0.302. The maximum absolute atomic E-state index is 13.5. The van der Waals surface area contributed by atoms with Crippen LogP contribution in [0, 0.1) is 19.7 Å². The highest BCUT2D eigenvalue weighted by molar-refractivity contribution is 6.09. The molecule has 0 aliphatic carbocycles. The van der Waals surface area contributed by atoms with Crippen LogP contribution in [-0.2, 0) is 11.3 Å². The number of carboxylic acids is 1. The summed E-state index contributed by atoms with van der Waals surface area (Å²) in [6.07, 6.45) is 0. The molecule has 11 nitrogen and oxygen atoms in total. The molecule has 6 rings (SSSR count). The summed E-state index contributed by atoms with van der Waals surface area (Å²) in [4.78, 5) is 18.8. The molecule has 1 fully saturated rings. The van der Waals surface area contributed by atoms with Gasteiger partial charge in [0.15, 0.2) is 6.61 Å². The molecule has 0 amide bonds. The average Bonchev–Trinajstić information content (AvgIpc) is 3.64. The molecule has 0 atom stereocenters. The van der Waals surface area contributed by atoms with Crippen molar-refractivity contribution < 1.29 is 37.2 Å². The summed E-state index contributed by atoms with van der Waals surface area (Å²) in [7, 11) is 0. The van der Waals surface area contributed by atoms with Gasteiger partial charge >= 0.3 is 5.97 Å². The number of aromatic nitrogens is 3. The van der Waals surface area contributed by atoms with Crippen molar-refractivity contribution in [1.82, 2.24) is 15.3 Å². The standard InChI is InChI=1S/C27H23FN4O7/c1-14-23(15(2)38-30-14)26-29-22(31-39-26)13-36-21-11-18-20(12-19(21)32-7-9-35-10-8-32)37-25(24(18)27(33)34)16-3-5-17(28)6-4-16/h3-6,11-12H,7-10,13H2,1-2H3,(H,33,34). The van der Waals surface area contributed by atoms with E-state index in [-0.39, 0.29) is 29.6 Å². The monoisotopic (exact) mass is 534 g/mol. The molecule has 0 spiro atoms. The predicted octanol–water partition coefficient (Wildman–Crippen LogP) is 5.01. The molecule has 1 saturated heterocycles. The molecule has 5 aromatic rings. The smallest absolute Gasteiger partial charge is 0.340 e. The van der Waals surface area contributed by atoms with Gasteiger partial charge in [-0.25, -0.2) is 9.18 Å². The van der Waals surface area contributed by atoms with E-state index in [1.165, 1.54) is 24.3 Å². The number of halogens is 1. The largest absolute Gasteiger partial charge is 0.483 e. The Balaban J connectivity index is 1.39. The minimum absolute atomic E-state index is 0.0409. The molecule has 2 aromatic carbocycles. The zero-order chi connectivity index (χ0) is 27.1. The van der Waals surface area contributed by atoms with Crippen molar-refractivity contribution in [3.8, 4) is 28.5 Å². The van der Waals surface area contributed by atoms with Crippen molar-refractivity contribution in [1.29, 1.82) is 0 Å². The Morgan fingerprint density at radius 1 is 1.10 bits per heavy atom. The number of aromatic carboxylic acids is 1. The number of ether oxygens (including phenoxy) is 2. The minimum atomic E-state index is -1.18. The van der Waals surface area contributed by atoms with E-state index in [1.54, 1.807) is 26.0 Å². The lowest BCUT2D eigenvalue weighted by molar-refractivity contribution is 0.0699. The number of carbonyl (C=O) groups is 1. The van der Waals surface area contributed by atoms with Crippen LogP contribution in [0.3, 0.4) is 0 Å². The second-order valence-corrected chi connectivity index (χ2v) is 9.04. The topological polar surface area (TPSA) is 137 Å². The van der Waals surface area contributed by atoms with Crippen molar-refractivity contribution in [3.05, 3.63) is 65.1 Å². The van der Waals surface area contributed by atoms with Crippen LogP contribution >= 0.6 is 0 Å². The van der Waals surface area contributed by atoms with Gasteiger partial charge in [-0.1, -0.05) is 10.3 Å². The van der Waals surface area contributed by atoms with Crippen molar-refractivity contribution in [2.45, 2.75) is 20.5 Å². The summed E-state index contributed by atoms with van der Waals surface area (Å²) in [6, 6.07) is 8.85. The molecule has 1 aliphatic rings. The molecule has 0 radical (unpaired) electrons. The SMILES string of the molecule is Cc1noc(C)c1-c1nc(COc2cc3c(C(=O)O)c(-c4ccc(F)cc4)oc3cc2N2CCOCC2)no1. The molecule has 200 valence electrons. The second-order valence-electron chi connectivity index (χ2n) is 9.04. The van der Waals surface area contributed by atoms with E-state index in [0.717, 1.165) is 0 Å². The Morgan fingerprint density at radius 3 is 2.56 bits per heavy atom. The van der Waals surface area contributed by atoms with Gasteiger partial charge in [-0.05, 0) is 44.2 Å².